The van der Waals surface area contributed by atoms with Crippen LogP contribution in [0.4, 0.5) is 0 Å². The highest BCUT2D eigenvalue weighted by Gasteiger charge is 2.24. The first-order valence-corrected chi connectivity index (χ1v) is 6.05. The third-order valence-electron chi connectivity index (χ3n) is 2.89. The fourth-order valence-electron chi connectivity index (χ4n) is 1.70. The van der Waals surface area contributed by atoms with Crippen molar-refractivity contribution >= 4 is 11.9 Å². The second-order valence-electron chi connectivity index (χ2n) is 4.72. The lowest BCUT2D eigenvalue weighted by molar-refractivity contribution is -0.140. The van der Waals surface area contributed by atoms with Crippen molar-refractivity contribution in [2.24, 2.45) is 5.92 Å². The van der Waals surface area contributed by atoms with Crippen molar-refractivity contribution in [1.29, 1.82) is 0 Å². The third-order valence-corrected chi connectivity index (χ3v) is 2.89. The largest absolute Gasteiger partial charge is 0.496 e. The average Bonchev–Trinajstić information content (AvgIpc) is 2.35. The van der Waals surface area contributed by atoms with Crippen LogP contribution in [0.2, 0.25) is 0 Å². The summed E-state index contributed by atoms with van der Waals surface area (Å²) in [6.07, 6.45) is 0. The van der Waals surface area contributed by atoms with E-state index in [1.54, 1.807) is 32.0 Å². The van der Waals surface area contributed by atoms with E-state index in [0.29, 0.717) is 11.3 Å². The first-order valence-electron chi connectivity index (χ1n) is 6.05. The molecule has 1 atom stereocenters. The predicted octanol–water partition coefficient (Wildman–Crippen LogP) is 1.84. The van der Waals surface area contributed by atoms with Crippen molar-refractivity contribution in [3.63, 3.8) is 0 Å². The maximum Gasteiger partial charge on any atom is 0.326 e. The Kier molecular flexibility index (Phi) is 4.92. The average molecular weight is 265 g/mol. The number of aliphatic carboxylic acids is 1. The van der Waals surface area contributed by atoms with Gasteiger partial charge in [-0.1, -0.05) is 19.9 Å². The summed E-state index contributed by atoms with van der Waals surface area (Å²) in [5, 5.41) is 11.6. The molecule has 5 heteroatoms. The summed E-state index contributed by atoms with van der Waals surface area (Å²) in [4.78, 5) is 23.1. The van der Waals surface area contributed by atoms with E-state index in [1.807, 2.05) is 6.92 Å². The Labute approximate surface area is 112 Å². The molecule has 0 unspecified atom stereocenters. The molecule has 0 radical (unpaired) electrons. The van der Waals surface area contributed by atoms with Crippen molar-refractivity contribution in [2.45, 2.75) is 26.8 Å². The predicted molar refractivity (Wildman–Crippen MR) is 71.5 cm³/mol. The maximum atomic E-state index is 12.0. The molecule has 0 aliphatic rings. The number of amides is 1. The SMILES string of the molecule is COc1cc(C(=O)N[C@@H](C(=O)O)C(C)C)ccc1C. The summed E-state index contributed by atoms with van der Waals surface area (Å²) in [6, 6.07) is 4.11. The van der Waals surface area contributed by atoms with Crippen molar-refractivity contribution in [1.82, 2.24) is 5.32 Å². The molecule has 0 aliphatic heterocycles. The van der Waals surface area contributed by atoms with E-state index in [4.69, 9.17) is 9.84 Å². The van der Waals surface area contributed by atoms with Crippen molar-refractivity contribution in [3.05, 3.63) is 29.3 Å². The van der Waals surface area contributed by atoms with Gasteiger partial charge in [-0.25, -0.2) is 4.79 Å². The number of hydrogen-bond donors (Lipinski definition) is 2. The Bertz CT molecular complexity index is 482. The second kappa shape index (κ2) is 6.22. The zero-order valence-electron chi connectivity index (χ0n) is 11.6. The molecule has 0 saturated carbocycles. The third kappa shape index (κ3) is 3.71. The number of carbonyl (C=O) groups excluding carboxylic acids is 1. The molecule has 0 heterocycles. The van der Waals surface area contributed by atoms with Gasteiger partial charge in [-0.3, -0.25) is 4.79 Å². The molecule has 1 aromatic carbocycles. The number of carboxylic acid groups (broad SMARTS) is 1. The maximum absolute atomic E-state index is 12.0. The number of carboxylic acids is 1. The highest BCUT2D eigenvalue weighted by Crippen LogP contribution is 2.19. The molecule has 5 nitrogen and oxygen atoms in total. The first-order chi connectivity index (χ1) is 8.86. The molecule has 2 N–H and O–H groups in total. The van der Waals surface area contributed by atoms with Gasteiger partial charge in [0.2, 0.25) is 0 Å². The van der Waals surface area contributed by atoms with Gasteiger partial charge in [0, 0.05) is 5.56 Å². The minimum atomic E-state index is -1.04. The molecular formula is C14H19NO4. The van der Waals surface area contributed by atoms with Gasteiger partial charge in [-0.2, -0.15) is 0 Å². The zero-order chi connectivity index (χ0) is 14.6. The number of nitrogens with one attached hydrogen (secondary N) is 1. The van der Waals surface area contributed by atoms with E-state index >= 15 is 0 Å². The Morgan fingerprint density at radius 3 is 2.42 bits per heavy atom. The van der Waals surface area contributed by atoms with Crippen LogP contribution in [0, 0.1) is 12.8 Å². The van der Waals surface area contributed by atoms with Gasteiger partial charge < -0.3 is 15.2 Å². The number of methoxy groups -OCH3 is 1. The molecule has 19 heavy (non-hydrogen) atoms. The van der Waals surface area contributed by atoms with Crippen molar-refractivity contribution in [3.8, 4) is 5.75 Å². The molecule has 0 spiro atoms. The zero-order valence-corrected chi connectivity index (χ0v) is 11.6. The Balaban J connectivity index is 2.91. The standard InChI is InChI=1S/C14H19NO4/c1-8(2)12(14(17)18)15-13(16)10-6-5-9(3)11(7-10)19-4/h5-8,12H,1-4H3,(H,15,16)(H,17,18)/t12-/m1/s1. The minimum absolute atomic E-state index is 0.186. The fourth-order valence-corrected chi connectivity index (χ4v) is 1.70. The normalized spacial score (nSPS) is 12.1. The smallest absolute Gasteiger partial charge is 0.326 e. The molecular weight excluding hydrogens is 246 g/mol. The highest BCUT2D eigenvalue weighted by atomic mass is 16.5. The van der Waals surface area contributed by atoms with Crippen LogP contribution in [0.5, 0.6) is 5.75 Å². The monoisotopic (exact) mass is 265 g/mol. The van der Waals surface area contributed by atoms with Gasteiger partial charge in [0.25, 0.3) is 5.91 Å². The lowest BCUT2D eigenvalue weighted by Gasteiger charge is -2.18. The minimum Gasteiger partial charge on any atom is -0.496 e. The van der Waals surface area contributed by atoms with Gasteiger partial charge >= 0.3 is 5.97 Å². The lowest BCUT2D eigenvalue weighted by atomic mass is 10.0. The molecule has 1 rings (SSSR count). The molecule has 0 aliphatic carbocycles. The van der Waals surface area contributed by atoms with Crippen LogP contribution in [0.25, 0.3) is 0 Å². The number of aryl methyl sites for hydroxylation is 1. The molecule has 1 amide bonds. The summed E-state index contributed by atoms with van der Waals surface area (Å²) in [6.45, 7) is 5.36. The molecule has 104 valence electrons. The second-order valence-corrected chi connectivity index (χ2v) is 4.72. The summed E-state index contributed by atoms with van der Waals surface area (Å²) in [5.41, 5.74) is 1.30. The van der Waals surface area contributed by atoms with E-state index in [1.165, 1.54) is 7.11 Å². The van der Waals surface area contributed by atoms with Crippen LogP contribution in [0.3, 0.4) is 0 Å². The van der Waals surface area contributed by atoms with Crippen molar-refractivity contribution < 1.29 is 19.4 Å². The Morgan fingerprint density at radius 1 is 1.32 bits per heavy atom. The number of carbonyl (C=O) groups is 2. The van der Waals surface area contributed by atoms with Crippen LogP contribution in [-0.2, 0) is 4.79 Å². The summed E-state index contributed by atoms with van der Waals surface area (Å²) >= 11 is 0. The van der Waals surface area contributed by atoms with Gasteiger partial charge in [-0.15, -0.1) is 0 Å². The lowest BCUT2D eigenvalue weighted by Crippen LogP contribution is -2.44. The molecule has 0 saturated heterocycles. The summed E-state index contributed by atoms with van der Waals surface area (Å²) in [5.74, 6) is -1.04. The van der Waals surface area contributed by atoms with Crippen LogP contribution < -0.4 is 10.1 Å². The van der Waals surface area contributed by atoms with E-state index in [9.17, 15) is 9.59 Å². The summed E-state index contributed by atoms with van der Waals surface area (Å²) in [7, 11) is 1.53. The van der Waals surface area contributed by atoms with E-state index < -0.39 is 17.9 Å². The fraction of sp³-hybridized carbons (Fsp3) is 0.429. The quantitative estimate of drug-likeness (QED) is 0.851. The van der Waals surface area contributed by atoms with E-state index in [-0.39, 0.29) is 5.92 Å². The van der Waals surface area contributed by atoms with Crippen LogP contribution in [0.1, 0.15) is 29.8 Å². The molecule has 0 fully saturated rings. The first kappa shape index (κ1) is 15.0. The number of hydrogen-bond acceptors (Lipinski definition) is 3. The van der Waals surface area contributed by atoms with Crippen molar-refractivity contribution in [2.75, 3.05) is 7.11 Å². The van der Waals surface area contributed by atoms with Gasteiger partial charge in [0.15, 0.2) is 0 Å². The molecule has 0 aromatic heterocycles. The van der Waals surface area contributed by atoms with E-state index in [2.05, 4.69) is 5.32 Å². The number of rotatable bonds is 5. The van der Waals surface area contributed by atoms with Gasteiger partial charge in [0.1, 0.15) is 11.8 Å². The highest BCUT2D eigenvalue weighted by molar-refractivity contribution is 5.97. The summed E-state index contributed by atoms with van der Waals surface area (Å²) < 4.78 is 5.14. The van der Waals surface area contributed by atoms with Crippen LogP contribution in [0.15, 0.2) is 18.2 Å². The number of benzene rings is 1. The van der Waals surface area contributed by atoms with Gasteiger partial charge in [-0.05, 0) is 30.5 Å². The topological polar surface area (TPSA) is 75.6 Å². The molecule has 0 bridgehead atoms. The number of ether oxygens (including phenoxy) is 1. The Morgan fingerprint density at radius 2 is 1.95 bits per heavy atom. The van der Waals surface area contributed by atoms with Crippen LogP contribution >= 0.6 is 0 Å². The van der Waals surface area contributed by atoms with Crippen LogP contribution in [-0.4, -0.2) is 30.1 Å². The van der Waals surface area contributed by atoms with E-state index in [0.717, 1.165) is 5.56 Å². The Hall–Kier alpha value is -2.04. The van der Waals surface area contributed by atoms with Gasteiger partial charge in [0.05, 0.1) is 7.11 Å². The molecule has 1 aromatic rings.